The fourth-order valence-electron chi connectivity index (χ4n) is 8.68. The summed E-state index contributed by atoms with van der Waals surface area (Å²) in [4.78, 5) is 13.0. The lowest BCUT2D eigenvalue weighted by Gasteiger charge is -2.41. The Morgan fingerprint density at radius 1 is 0.557 bits per heavy atom. The minimum atomic E-state index is -5.07. The molecule has 12 nitrogen and oxygen atoms in total. The average molecular weight is 1010 g/mol. The molecule has 0 amide bonds. The predicted molar refractivity (Wildman–Crippen MR) is 285 cm³/mol. The van der Waals surface area contributed by atoms with Crippen LogP contribution >= 0.6 is 0 Å². The fraction of sp³-hybridized carbons (Fsp3) is 0.842. The lowest BCUT2D eigenvalue weighted by atomic mass is 9.99. The first kappa shape index (κ1) is 66.1. The highest BCUT2D eigenvalue weighted by Crippen LogP contribution is 2.26. The molecule has 410 valence electrons. The Morgan fingerprint density at radius 2 is 0.986 bits per heavy atom. The molecule has 0 aromatic heterocycles. The second-order valence-corrected chi connectivity index (χ2v) is 20.5. The molecule has 0 radical (unpaired) electrons. The number of rotatable bonds is 50. The van der Waals surface area contributed by atoms with Crippen LogP contribution in [0.25, 0.3) is 0 Å². The Kier molecular flexibility index (Phi) is 45.3. The Morgan fingerprint density at radius 3 is 1.46 bits per heavy atom. The zero-order chi connectivity index (χ0) is 51.0. The molecule has 0 saturated carbocycles. The molecule has 0 aromatic carbocycles. The van der Waals surface area contributed by atoms with Crippen LogP contribution in [0.15, 0.2) is 48.6 Å². The van der Waals surface area contributed by atoms with E-state index in [9.17, 15) is 33.1 Å². The van der Waals surface area contributed by atoms with E-state index >= 15 is 0 Å². The molecule has 1 rings (SSSR count). The van der Waals surface area contributed by atoms with Gasteiger partial charge in [0.05, 0.1) is 19.8 Å². The molecular weight excluding hydrogens is 909 g/mol. The van der Waals surface area contributed by atoms with Gasteiger partial charge in [0.2, 0.25) is 0 Å². The number of hydrogen-bond donors (Lipinski definition) is 4. The Labute approximate surface area is 427 Å². The predicted octanol–water partition coefficient (Wildman–Crippen LogP) is 13.9. The Balaban J connectivity index is 2.29. The van der Waals surface area contributed by atoms with E-state index in [2.05, 4.69) is 66.6 Å². The van der Waals surface area contributed by atoms with Gasteiger partial charge in [0, 0.05) is 13.0 Å². The van der Waals surface area contributed by atoms with Crippen LogP contribution in [0.3, 0.4) is 0 Å². The van der Waals surface area contributed by atoms with Crippen molar-refractivity contribution in [1.29, 1.82) is 0 Å². The monoisotopic (exact) mass is 1010 g/mol. The van der Waals surface area contributed by atoms with Gasteiger partial charge < -0.3 is 34.3 Å². The van der Waals surface area contributed by atoms with E-state index in [1.54, 1.807) is 0 Å². The van der Waals surface area contributed by atoms with Gasteiger partial charge in [-0.1, -0.05) is 217 Å². The smallest absolute Gasteiger partial charge is 0.397 e. The van der Waals surface area contributed by atoms with Crippen molar-refractivity contribution >= 4 is 16.4 Å². The van der Waals surface area contributed by atoms with Gasteiger partial charge in [0.15, 0.2) is 6.29 Å². The second-order valence-electron chi connectivity index (χ2n) is 19.5. The van der Waals surface area contributed by atoms with Crippen molar-refractivity contribution in [3.8, 4) is 0 Å². The summed E-state index contributed by atoms with van der Waals surface area (Å²) in [5.41, 5.74) is 0. The third kappa shape index (κ3) is 40.5. The number of hydrogen-bond acceptors (Lipinski definition) is 11. The van der Waals surface area contributed by atoms with E-state index in [1.807, 2.05) is 0 Å². The zero-order valence-corrected chi connectivity index (χ0v) is 45.1. The van der Waals surface area contributed by atoms with Crippen LogP contribution in [-0.4, -0.2) is 97.5 Å². The van der Waals surface area contributed by atoms with Crippen molar-refractivity contribution in [1.82, 2.24) is 0 Å². The lowest BCUT2D eigenvalue weighted by Crippen LogP contribution is -2.60. The van der Waals surface area contributed by atoms with Crippen LogP contribution in [0.5, 0.6) is 0 Å². The summed E-state index contributed by atoms with van der Waals surface area (Å²) in [6.07, 6.45) is 51.5. The lowest BCUT2D eigenvalue weighted by molar-refractivity contribution is -0.301. The summed E-state index contributed by atoms with van der Waals surface area (Å²) in [7, 11) is -5.07. The molecular formula is C57H104O12S. The SMILES string of the molecule is CC/C=C\C/C=C\C/C=C\CCCCCCCCCCOCC(COC1OC(CO)C(O)C(OS(=O)(=O)O)C1O)OC(=O)CCCCCCCCCCCCCCC/C=C\CCCCCCCCCC. The largest absolute Gasteiger partial charge is 0.457 e. The maximum atomic E-state index is 13.0. The maximum Gasteiger partial charge on any atom is 0.397 e. The molecule has 0 spiro atoms. The van der Waals surface area contributed by atoms with Gasteiger partial charge in [-0.25, -0.2) is 4.18 Å². The highest BCUT2D eigenvalue weighted by atomic mass is 32.3. The Hall–Kier alpha value is -1.94. The number of carbonyl (C=O) groups excluding carboxylic acids is 1. The third-order valence-electron chi connectivity index (χ3n) is 12.9. The second kappa shape index (κ2) is 48.0. The van der Waals surface area contributed by atoms with Gasteiger partial charge in [0.25, 0.3) is 0 Å². The summed E-state index contributed by atoms with van der Waals surface area (Å²) < 4.78 is 59.4. The maximum absolute atomic E-state index is 13.0. The molecule has 1 heterocycles. The topological polar surface area (TPSA) is 178 Å². The van der Waals surface area contributed by atoms with Crippen LogP contribution < -0.4 is 0 Å². The number of aliphatic hydroxyl groups is 3. The molecule has 0 aliphatic carbocycles. The molecule has 0 bridgehead atoms. The van der Waals surface area contributed by atoms with Gasteiger partial charge in [-0.15, -0.1) is 0 Å². The van der Waals surface area contributed by atoms with Gasteiger partial charge >= 0.3 is 16.4 Å². The summed E-state index contributed by atoms with van der Waals surface area (Å²) in [6.45, 7) is 3.90. The quantitative estimate of drug-likeness (QED) is 0.0196. The van der Waals surface area contributed by atoms with Crippen LogP contribution in [-0.2, 0) is 38.3 Å². The van der Waals surface area contributed by atoms with Gasteiger partial charge in [-0.2, -0.15) is 8.42 Å². The number of ether oxygens (including phenoxy) is 4. The zero-order valence-electron chi connectivity index (χ0n) is 44.3. The first-order valence-electron chi connectivity index (χ1n) is 28.4. The number of aliphatic hydroxyl groups excluding tert-OH is 3. The molecule has 0 aromatic rings. The van der Waals surface area contributed by atoms with Crippen molar-refractivity contribution in [3.63, 3.8) is 0 Å². The van der Waals surface area contributed by atoms with E-state index in [1.165, 1.54) is 154 Å². The van der Waals surface area contributed by atoms with Crippen LogP contribution in [0.4, 0.5) is 0 Å². The van der Waals surface area contributed by atoms with E-state index in [0.29, 0.717) is 13.0 Å². The van der Waals surface area contributed by atoms with E-state index in [-0.39, 0.29) is 19.6 Å². The average Bonchev–Trinajstić information content (AvgIpc) is 3.34. The number of carbonyl (C=O) groups is 1. The van der Waals surface area contributed by atoms with Gasteiger partial charge in [-0.05, 0) is 70.6 Å². The van der Waals surface area contributed by atoms with Crippen molar-refractivity contribution in [3.05, 3.63) is 48.6 Å². The molecule has 6 atom stereocenters. The van der Waals surface area contributed by atoms with Crippen molar-refractivity contribution in [2.75, 3.05) is 26.4 Å². The molecule has 1 saturated heterocycles. The van der Waals surface area contributed by atoms with E-state index in [0.717, 1.165) is 64.2 Å². The summed E-state index contributed by atoms with van der Waals surface area (Å²) >= 11 is 0. The molecule has 6 unspecified atom stereocenters. The van der Waals surface area contributed by atoms with Crippen LogP contribution in [0, 0.1) is 0 Å². The first-order chi connectivity index (χ1) is 34.1. The van der Waals surface area contributed by atoms with Gasteiger partial charge in [-0.3, -0.25) is 9.35 Å². The highest BCUT2D eigenvalue weighted by Gasteiger charge is 2.48. The van der Waals surface area contributed by atoms with Gasteiger partial charge in [0.1, 0.15) is 30.5 Å². The van der Waals surface area contributed by atoms with Crippen LogP contribution in [0.2, 0.25) is 0 Å². The molecule has 70 heavy (non-hydrogen) atoms. The number of unbranched alkanes of at least 4 members (excludes halogenated alkanes) is 29. The molecule has 13 heteroatoms. The van der Waals surface area contributed by atoms with E-state index in [4.69, 9.17) is 18.9 Å². The third-order valence-corrected chi connectivity index (χ3v) is 13.4. The summed E-state index contributed by atoms with van der Waals surface area (Å²) in [5, 5.41) is 30.8. The molecule has 1 fully saturated rings. The summed E-state index contributed by atoms with van der Waals surface area (Å²) in [5.74, 6) is -0.400. The summed E-state index contributed by atoms with van der Waals surface area (Å²) in [6, 6.07) is 0. The van der Waals surface area contributed by atoms with Crippen molar-refractivity contribution < 1.29 is 56.2 Å². The minimum absolute atomic E-state index is 0.0314. The van der Waals surface area contributed by atoms with Crippen molar-refractivity contribution in [2.24, 2.45) is 0 Å². The molecule has 1 aliphatic heterocycles. The Bertz CT molecular complexity index is 1400. The minimum Gasteiger partial charge on any atom is -0.457 e. The number of esters is 1. The van der Waals surface area contributed by atoms with Crippen LogP contribution in [0.1, 0.15) is 245 Å². The number of allylic oxidation sites excluding steroid dienone is 8. The standard InChI is InChI=1S/C57H104O12S/c1-3-5-7-9-11-13-15-17-19-21-23-24-25-26-27-28-29-30-32-34-36-38-40-42-44-46-53(59)67-51(50-66-57-55(61)56(69-70(62,63)64)54(60)52(48-58)68-57)49-65-47-45-43-41-39-37-35-33-31-22-20-18-16-14-12-10-8-6-4-2/h6,8,12,14,18,20-21,23,51-52,54-58,60-61H,3-5,7,9-11,13,15-17,19,22,24-50H2,1-2H3,(H,62,63,64)/b8-6-,14-12-,20-18-,23-21-. The first-order valence-corrected chi connectivity index (χ1v) is 29.8. The van der Waals surface area contributed by atoms with E-state index < -0.39 is 59.8 Å². The molecule has 4 N–H and O–H groups in total. The fourth-order valence-corrected chi connectivity index (χ4v) is 9.19. The van der Waals surface area contributed by atoms with Crippen molar-refractivity contribution in [2.45, 2.75) is 282 Å². The molecule has 1 aliphatic rings. The normalized spacial score (nSPS) is 19.4. The highest BCUT2D eigenvalue weighted by molar-refractivity contribution is 7.80.